The molecule has 2 amide bonds. The Morgan fingerprint density at radius 2 is 2.00 bits per heavy atom. The first kappa shape index (κ1) is 14.5. The monoisotopic (exact) mass is 366 g/mol. The smallest absolute Gasteiger partial charge is 0.321 e. The fourth-order valence-corrected chi connectivity index (χ4v) is 3.33. The van der Waals surface area contributed by atoms with Gasteiger partial charge in [0.2, 0.25) is 5.13 Å². The first-order valence-electron chi connectivity index (χ1n) is 6.73. The molecular weight excluding hydrogens is 352 g/mol. The third-order valence-electron chi connectivity index (χ3n) is 3.70. The molecule has 1 aromatic carbocycles. The molecule has 0 bridgehead atoms. The Labute approximate surface area is 135 Å². The number of aryl methyl sites for hydroxylation is 1. The molecule has 21 heavy (non-hydrogen) atoms. The van der Waals surface area contributed by atoms with Gasteiger partial charge in [-0.2, -0.15) is 0 Å². The molecule has 0 unspecified atom stereocenters. The highest BCUT2D eigenvalue weighted by Gasteiger charge is 2.40. The molecule has 1 aliphatic rings. The van der Waals surface area contributed by atoms with Gasteiger partial charge in [0.15, 0.2) is 0 Å². The molecule has 1 fully saturated rings. The van der Waals surface area contributed by atoms with Crippen molar-refractivity contribution in [2.45, 2.75) is 31.7 Å². The number of anilines is 1. The van der Waals surface area contributed by atoms with E-state index in [1.807, 2.05) is 19.1 Å². The van der Waals surface area contributed by atoms with Crippen molar-refractivity contribution in [2.75, 3.05) is 5.32 Å². The number of nitrogens with one attached hydrogen (secondary N) is 2. The van der Waals surface area contributed by atoms with Crippen LogP contribution in [0.5, 0.6) is 0 Å². The maximum atomic E-state index is 12.2. The van der Waals surface area contributed by atoms with Crippen molar-refractivity contribution in [3.05, 3.63) is 39.3 Å². The van der Waals surface area contributed by atoms with Gasteiger partial charge in [-0.3, -0.25) is 5.32 Å². The summed E-state index contributed by atoms with van der Waals surface area (Å²) in [6.45, 7) is 1.86. The van der Waals surface area contributed by atoms with Crippen LogP contribution in [-0.2, 0) is 5.54 Å². The summed E-state index contributed by atoms with van der Waals surface area (Å²) in [7, 11) is 0. The van der Waals surface area contributed by atoms with Crippen LogP contribution in [0.1, 0.15) is 29.8 Å². The van der Waals surface area contributed by atoms with Gasteiger partial charge in [0.1, 0.15) is 5.01 Å². The Hall–Kier alpha value is -1.47. The fourth-order valence-electron chi connectivity index (χ4n) is 2.48. The number of nitrogens with zero attached hydrogens (tertiary/aromatic N) is 2. The van der Waals surface area contributed by atoms with E-state index < -0.39 is 0 Å². The summed E-state index contributed by atoms with van der Waals surface area (Å²) in [5.74, 6) is 0. The molecule has 0 spiro atoms. The molecule has 2 aromatic rings. The molecular formula is C14H15BrN4OS. The molecule has 0 radical (unpaired) electrons. The molecule has 1 saturated carbocycles. The maximum Gasteiger partial charge on any atom is 0.321 e. The van der Waals surface area contributed by atoms with Gasteiger partial charge in [-0.1, -0.05) is 39.4 Å². The van der Waals surface area contributed by atoms with E-state index in [0.717, 1.165) is 34.3 Å². The average Bonchev–Trinajstić information content (AvgIpc) is 2.80. The van der Waals surface area contributed by atoms with Gasteiger partial charge in [-0.15, -0.1) is 10.2 Å². The Bertz CT molecular complexity index is 651. The van der Waals surface area contributed by atoms with Gasteiger partial charge >= 0.3 is 6.03 Å². The topological polar surface area (TPSA) is 66.9 Å². The number of urea groups is 1. The predicted octanol–water partition coefficient (Wildman–Crippen LogP) is 3.81. The summed E-state index contributed by atoms with van der Waals surface area (Å²) in [6, 6.07) is 7.89. The van der Waals surface area contributed by atoms with Gasteiger partial charge in [0.25, 0.3) is 0 Å². The quantitative estimate of drug-likeness (QED) is 0.867. The zero-order valence-electron chi connectivity index (χ0n) is 11.5. The minimum Gasteiger partial charge on any atom is -0.328 e. The van der Waals surface area contributed by atoms with Crippen molar-refractivity contribution >= 4 is 38.4 Å². The summed E-state index contributed by atoms with van der Waals surface area (Å²) in [4.78, 5) is 12.2. The van der Waals surface area contributed by atoms with E-state index in [9.17, 15) is 4.79 Å². The third-order valence-corrected chi connectivity index (χ3v) is 4.99. The lowest BCUT2D eigenvalue weighted by atomic mass is 9.72. The second kappa shape index (κ2) is 5.73. The normalized spacial score (nSPS) is 16.1. The Kier molecular flexibility index (Phi) is 3.95. The molecule has 0 saturated heterocycles. The van der Waals surface area contributed by atoms with E-state index >= 15 is 0 Å². The molecule has 0 atom stereocenters. The number of halogens is 1. The van der Waals surface area contributed by atoms with Crippen LogP contribution in [-0.4, -0.2) is 16.2 Å². The van der Waals surface area contributed by atoms with Crippen LogP contribution in [0, 0.1) is 6.92 Å². The minimum atomic E-state index is -0.259. The second-order valence-corrected chi connectivity index (χ2v) is 7.25. The van der Waals surface area contributed by atoms with E-state index in [-0.39, 0.29) is 11.6 Å². The zero-order chi connectivity index (χ0) is 14.9. The van der Waals surface area contributed by atoms with Crippen LogP contribution in [0.2, 0.25) is 0 Å². The molecule has 1 aromatic heterocycles. The molecule has 1 heterocycles. The van der Waals surface area contributed by atoms with Crippen LogP contribution in [0.4, 0.5) is 9.93 Å². The van der Waals surface area contributed by atoms with Crippen molar-refractivity contribution in [2.24, 2.45) is 0 Å². The van der Waals surface area contributed by atoms with E-state index in [0.29, 0.717) is 5.13 Å². The third kappa shape index (κ3) is 3.08. The number of benzene rings is 1. The number of hydrogen-bond donors (Lipinski definition) is 2. The van der Waals surface area contributed by atoms with E-state index in [2.05, 4.69) is 48.9 Å². The number of carbonyl (C=O) groups excluding carboxylic acids is 1. The summed E-state index contributed by atoms with van der Waals surface area (Å²) in [5, 5.41) is 15.0. The number of aromatic nitrogens is 2. The summed E-state index contributed by atoms with van der Waals surface area (Å²) in [6.07, 6.45) is 3.03. The Morgan fingerprint density at radius 3 is 2.52 bits per heavy atom. The van der Waals surface area contributed by atoms with Crippen molar-refractivity contribution in [1.82, 2.24) is 15.5 Å². The van der Waals surface area contributed by atoms with Crippen molar-refractivity contribution < 1.29 is 4.79 Å². The predicted molar refractivity (Wildman–Crippen MR) is 86.5 cm³/mol. The largest absolute Gasteiger partial charge is 0.328 e. The maximum absolute atomic E-state index is 12.2. The standard InChI is InChI=1S/C14H15BrN4OS/c1-9-18-19-13(21-9)16-12(20)17-14(7-2-8-14)10-3-5-11(15)6-4-10/h3-6H,2,7-8H2,1H3,(H2,16,17,19,20). The molecule has 1 aliphatic carbocycles. The highest BCUT2D eigenvalue weighted by molar-refractivity contribution is 9.10. The Balaban J connectivity index is 1.71. The van der Waals surface area contributed by atoms with Gasteiger partial charge < -0.3 is 5.32 Å². The van der Waals surface area contributed by atoms with Crippen LogP contribution in [0.3, 0.4) is 0 Å². The van der Waals surface area contributed by atoms with E-state index in [1.165, 1.54) is 11.3 Å². The number of amides is 2. The number of hydrogen-bond acceptors (Lipinski definition) is 4. The fraction of sp³-hybridized carbons (Fsp3) is 0.357. The molecule has 110 valence electrons. The molecule has 3 rings (SSSR count). The lowest BCUT2D eigenvalue weighted by Crippen LogP contribution is -2.52. The van der Waals surface area contributed by atoms with Crippen LogP contribution < -0.4 is 10.6 Å². The van der Waals surface area contributed by atoms with Crippen LogP contribution in [0.25, 0.3) is 0 Å². The molecule has 0 aliphatic heterocycles. The Morgan fingerprint density at radius 1 is 1.29 bits per heavy atom. The van der Waals surface area contributed by atoms with Gasteiger partial charge in [0, 0.05) is 4.47 Å². The lowest BCUT2D eigenvalue weighted by molar-refractivity contribution is 0.185. The van der Waals surface area contributed by atoms with Crippen LogP contribution >= 0.6 is 27.3 Å². The van der Waals surface area contributed by atoms with Crippen molar-refractivity contribution in [3.8, 4) is 0 Å². The highest BCUT2D eigenvalue weighted by Crippen LogP contribution is 2.41. The van der Waals surface area contributed by atoms with Crippen molar-refractivity contribution in [1.29, 1.82) is 0 Å². The summed E-state index contributed by atoms with van der Waals surface area (Å²) in [5.41, 5.74) is 0.880. The first-order valence-corrected chi connectivity index (χ1v) is 8.34. The van der Waals surface area contributed by atoms with Gasteiger partial charge in [-0.05, 0) is 43.9 Å². The molecule has 2 N–H and O–H groups in total. The SMILES string of the molecule is Cc1nnc(NC(=O)NC2(c3ccc(Br)cc3)CCC2)s1. The van der Waals surface area contributed by atoms with E-state index in [1.54, 1.807) is 0 Å². The van der Waals surface area contributed by atoms with Gasteiger partial charge in [0.05, 0.1) is 5.54 Å². The summed E-state index contributed by atoms with van der Waals surface area (Å²) >= 11 is 4.80. The summed E-state index contributed by atoms with van der Waals surface area (Å²) < 4.78 is 1.04. The molecule has 5 nitrogen and oxygen atoms in total. The zero-order valence-corrected chi connectivity index (χ0v) is 13.9. The minimum absolute atomic E-state index is 0.228. The average molecular weight is 367 g/mol. The number of rotatable bonds is 3. The van der Waals surface area contributed by atoms with Crippen molar-refractivity contribution in [3.63, 3.8) is 0 Å². The second-order valence-electron chi connectivity index (χ2n) is 5.15. The first-order chi connectivity index (χ1) is 10.1. The number of carbonyl (C=O) groups is 1. The van der Waals surface area contributed by atoms with E-state index in [4.69, 9.17) is 0 Å². The highest BCUT2D eigenvalue weighted by atomic mass is 79.9. The lowest BCUT2D eigenvalue weighted by Gasteiger charge is -2.43. The molecule has 7 heteroatoms. The van der Waals surface area contributed by atoms with Gasteiger partial charge in [-0.25, -0.2) is 4.79 Å². The van der Waals surface area contributed by atoms with Crippen LogP contribution in [0.15, 0.2) is 28.7 Å².